The molecule has 1 fully saturated rings. The van der Waals surface area contributed by atoms with Crippen LogP contribution in [0.2, 0.25) is 10.0 Å². The highest BCUT2D eigenvalue weighted by Crippen LogP contribution is 2.28. The van der Waals surface area contributed by atoms with Crippen LogP contribution in [0, 0.1) is 0 Å². The second-order valence-electron chi connectivity index (χ2n) is 7.89. The number of fused-ring (bicyclic) bond motifs is 1. The molecule has 0 N–H and O–H groups in total. The van der Waals surface area contributed by atoms with Crippen LogP contribution >= 0.6 is 23.2 Å². The van der Waals surface area contributed by atoms with Gasteiger partial charge in [0.15, 0.2) is 0 Å². The van der Waals surface area contributed by atoms with E-state index in [2.05, 4.69) is 10.00 Å². The van der Waals surface area contributed by atoms with Crippen LogP contribution in [-0.4, -0.2) is 40.9 Å². The minimum absolute atomic E-state index is 0.0845. The third-order valence-corrected chi connectivity index (χ3v) is 6.56. The number of rotatable bonds is 6. The van der Waals surface area contributed by atoms with Gasteiger partial charge in [0.25, 0.3) is 5.56 Å². The molecule has 2 aliphatic rings. The SMILES string of the molecule is O=c1c2c(c(OCCCN3CCCCC3)nn1-c1ccc(Cl)c(Cl)c1)CCCC2. The zero-order valence-electron chi connectivity index (χ0n) is 16.6. The van der Waals surface area contributed by atoms with Crippen molar-refractivity contribution in [3.63, 3.8) is 0 Å². The summed E-state index contributed by atoms with van der Waals surface area (Å²) in [6.45, 7) is 4.04. The molecule has 2 heterocycles. The molecule has 1 aliphatic heterocycles. The van der Waals surface area contributed by atoms with Gasteiger partial charge in [-0.2, -0.15) is 4.68 Å². The molecular weight excluding hydrogens is 409 g/mol. The predicted octanol–water partition coefficient (Wildman–Crippen LogP) is 4.67. The number of piperidine rings is 1. The van der Waals surface area contributed by atoms with E-state index in [0.29, 0.717) is 28.2 Å². The van der Waals surface area contributed by atoms with E-state index in [1.54, 1.807) is 18.2 Å². The van der Waals surface area contributed by atoms with E-state index in [-0.39, 0.29) is 5.56 Å². The quantitative estimate of drug-likeness (QED) is 0.618. The molecule has 0 saturated carbocycles. The fraction of sp³-hybridized carbons (Fsp3) is 0.545. The average Bonchev–Trinajstić information content (AvgIpc) is 2.75. The maximum absolute atomic E-state index is 13.1. The van der Waals surface area contributed by atoms with Crippen LogP contribution in [0.3, 0.4) is 0 Å². The number of ether oxygens (including phenoxy) is 1. The monoisotopic (exact) mass is 435 g/mol. The van der Waals surface area contributed by atoms with Gasteiger partial charge in [0.2, 0.25) is 5.88 Å². The topological polar surface area (TPSA) is 47.4 Å². The number of benzene rings is 1. The molecular formula is C22H27Cl2N3O2. The molecule has 7 heteroatoms. The van der Waals surface area contributed by atoms with E-state index < -0.39 is 0 Å². The number of hydrogen-bond donors (Lipinski definition) is 0. The fourth-order valence-electron chi connectivity index (χ4n) is 4.25. The van der Waals surface area contributed by atoms with Crippen LogP contribution < -0.4 is 10.3 Å². The second kappa shape index (κ2) is 9.50. The van der Waals surface area contributed by atoms with Crippen LogP contribution in [-0.2, 0) is 12.8 Å². The Kier molecular flexibility index (Phi) is 6.78. The van der Waals surface area contributed by atoms with Crippen molar-refractivity contribution >= 4 is 23.2 Å². The van der Waals surface area contributed by atoms with Gasteiger partial charge in [0.1, 0.15) is 0 Å². The fourth-order valence-corrected chi connectivity index (χ4v) is 4.54. The molecule has 0 radical (unpaired) electrons. The van der Waals surface area contributed by atoms with E-state index in [4.69, 9.17) is 27.9 Å². The molecule has 1 aromatic carbocycles. The molecule has 156 valence electrons. The van der Waals surface area contributed by atoms with Gasteiger partial charge in [-0.25, -0.2) is 0 Å². The van der Waals surface area contributed by atoms with E-state index in [9.17, 15) is 4.79 Å². The van der Waals surface area contributed by atoms with E-state index in [1.165, 1.54) is 37.0 Å². The van der Waals surface area contributed by atoms with Crippen LogP contribution in [0.25, 0.3) is 5.69 Å². The summed E-state index contributed by atoms with van der Waals surface area (Å²) in [6.07, 6.45) is 8.59. The molecule has 0 spiro atoms. The largest absolute Gasteiger partial charge is 0.476 e. The third-order valence-electron chi connectivity index (χ3n) is 5.82. The van der Waals surface area contributed by atoms with Gasteiger partial charge in [-0.05, 0) is 76.2 Å². The van der Waals surface area contributed by atoms with Crippen molar-refractivity contribution in [3.8, 4) is 11.6 Å². The maximum Gasteiger partial charge on any atom is 0.275 e. The van der Waals surface area contributed by atoms with Crippen LogP contribution in [0.15, 0.2) is 23.0 Å². The highest BCUT2D eigenvalue weighted by molar-refractivity contribution is 6.42. The number of halogens is 2. The molecule has 1 aliphatic carbocycles. The lowest BCUT2D eigenvalue weighted by molar-refractivity contribution is 0.201. The zero-order chi connectivity index (χ0) is 20.2. The van der Waals surface area contributed by atoms with Crippen LogP contribution in [0.4, 0.5) is 0 Å². The Balaban J connectivity index is 1.55. The molecule has 1 saturated heterocycles. The Morgan fingerprint density at radius 3 is 2.48 bits per heavy atom. The summed E-state index contributed by atoms with van der Waals surface area (Å²) >= 11 is 12.2. The highest BCUT2D eigenvalue weighted by atomic mass is 35.5. The lowest BCUT2D eigenvalue weighted by Crippen LogP contribution is -2.32. The van der Waals surface area contributed by atoms with Gasteiger partial charge in [-0.1, -0.05) is 29.6 Å². The Bertz CT molecular complexity index is 923. The summed E-state index contributed by atoms with van der Waals surface area (Å²) in [6, 6.07) is 5.12. The van der Waals surface area contributed by atoms with Gasteiger partial charge >= 0.3 is 0 Å². The molecule has 29 heavy (non-hydrogen) atoms. The summed E-state index contributed by atoms with van der Waals surface area (Å²) in [7, 11) is 0. The van der Waals surface area contributed by atoms with E-state index >= 15 is 0 Å². The summed E-state index contributed by atoms with van der Waals surface area (Å²) < 4.78 is 7.52. The van der Waals surface area contributed by atoms with E-state index in [0.717, 1.165) is 49.8 Å². The first-order valence-electron chi connectivity index (χ1n) is 10.6. The van der Waals surface area contributed by atoms with Gasteiger partial charge in [-0.3, -0.25) is 4.79 Å². The van der Waals surface area contributed by atoms with Gasteiger partial charge in [0.05, 0.1) is 22.3 Å². The summed E-state index contributed by atoms with van der Waals surface area (Å²) in [5.74, 6) is 0.587. The van der Waals surface area contributed by atoms with Crippen LogP contribution in [0.1, 0.15) is 49.7 Å². The van der Waals surface area contributed by atoms with Crippen molar-refractivity contribution in [1.82, 2.24) is 14.7 Å². The molecule has 0 unspecified atom stereocenters. The van der Waals surface area contributed by atoms with Crippen molar-refractivity contribution in [2.45, 2.75) is 51.4 Å². The summed E-state index contributed by atoms with van der Waals surface area (Å²) in [4.78, 5) is 15.6. The minimum Gasteiger partial charge on any atom is -0.476 e. The smallest absolute Gasteiger partial charge is 0.275 e. The maximum atomic E-state index is 13.1. The number of nitrogens with zero attached hydrogens (tertiary/aromatic N) is 3. The standard InChI is InChI=1S/C22H27Cl2N3O2/c23-19-10-9-16(15-20(19)24)27-22(28)18-8-3-2-7-17(18)21(25-27)29-14-6-13-26-11-4-1-5-12-26/h9-10,15H,1-8,11-14H2. The number of likely N-dealkylation sites (tertiary alicyclic amines) is 1. The Morgan fingerprint density at radius 1 is 0.966 bits per heavy atom. The lowest BCUT2D eigenvalue weighted by atomic mass is 9.93. The second-order valence-corrected chi connectivity index (χ2v) is 8.70. The van der Waals surface area contributed by atoms with Crippen molar-refractivity contribution in [3.05, 3.63) is 49.7 Å². The van der Waals surface area contributed by atoms with E-state index in [1.807, 2.05) is 0 Å². The van der Waals surface area contributed by atoms with Crippen LogP contribution in [0.5, 0.6) is 5.88 Å². The normalized spacial score (nSPS) is 17.2. The molecule has 5 nitrogen and oxygen atoms in total. The molecule has 0 atom stereocenters. The number of hydrogen-bond acceptors (Lipinski definition) is 4. The highest BCUT2D eigenvalue weighted by Gasteiger charge is 2.22. The van der Waals surface area contributed by atoms with Gasteiger partial charge in [0, 0.05) is 17.7 Å². The van der Waals surface area contributed by atoms with Gasteiger partial charge in [-0.15, -0.1) is 5.10 Å². The van der Waals surface area contributed by atoms with Crippen molar-refractivity contribution in [2.75, 3.05) is 26.2 Å². The first kappa shape index (κ1) is 20.7. The van der Waals surface area contributed by atoms with Crippen molar-refractivity contribution < 1.29 is 4.74 Å². The van der Waals surface area contributed by atoms with Crippen molar-refractivity contribution in [2.24, 2.45) is 0 Å². The Hall–Kier alpha value is -1.56. The predicted molar refractivity (Wildman–Crippen MR) is 117 cm³/mol. The minimum atomic E-state index is -0.0845. The third kappa shape index (κ3) is 4.79. The molecule has 0 bridgehead atoms. The first-order chi connectivity index (χ1) is 14.1. The zero-order valence-corrected chi connectivity index (χ0v) is 18.1. The van der Waals surface area contributed by atoms with Crippen molar-refractivity contribution in [1.29, 1.82) is 0 Å². The summed E-state index contributed by atoms with van der Waals surface area (Å²) in [5, 5.41) is 5.43. The lowest BCUT2D eigenvalue weighted by Gasteiger charge is -2.26. The summed E-state index contributed by atoms with van der Waals surface area (Å²) in [5.41, 5.74) is 2.33. The van der Waals surface area contributed by atoms with Gasteiger partial charge < -0.3 is 9.64 Å². The number of aromatic nitrogens is 2. The first-order valence-corrected chi connectivity index (χ1v) is 11.3. The Morgan fingerprint density at radius 2 is 1.72 bits per heavy atom. The Labute approximate surface area is 181 Å². The molecule has 2 aromatic rings. The molecule has 1 aromatic heterocycles. The molecule has 0 amide bonds. The average molecular weight is 436 g/mol. The molecule has 4 rings (SSSR count).